The normalized spacial score (nSPS) is 14.5. The van der Waals surface area contributed by atoms with Crippen LogP contribution in [0.4, 0.5) is 5.69 Å². The SMILES string of the molecule is Cc1cc(N2CCOCC2)cc(C(C)C)c1C(=O)NCc1ccc(Cl)cn1. The quantitative estimate of drug-likeness (QED) is 0.844. The van der Waals surface area contributed by atoms with Crippen molar-refractivity contribution in [2.24, 2.45) is 0 Å². The van der Waals surface area contributed by atoms with Crippen molar-refractivity contribution in [2.75, 3.05) is 31.2 Å². The van der Waals surface area contributed by atoms with Gasteiger partial charge in [0.2, 0.25) is 0 Å². The average Bonchev–Trinajstić information content (AvgIpc) is 2.67. The Morgan fingerprint density at radius 3 is 2.67 bits per heavy atom. The summed E-state index contributed by atoms with van der Waals surface area (Å²) >= 11 is 5.86. The molecule has 27 heavy (non-hydrogen) atoms. The number of amides is 1. The molecule has 0 spiro atoms. The van der Waals surface area contributed by atoms with Crippen LogP contribution in [0.15, 0.2) is 30.5 Å². The van der Waals surface area contributed by atoms with Crippen LogP contribution in [-0.4, -0.2) is 37.2 Å². The lowest BCUT2D eigenvalue weighted by molar-refractivity contribution is 0.0948. The number of aromatic nitrogens is 1. The largest absolute Gasteiger partial charge is 0.378 e. The number of benzene rings is 1. The van der Waals surface area contributed by atoms with Gasteiger partial charge in [-0.15, -0.1) is 0 Å². The molecular weight excluding hydrogens is 362 g/mol. The summed E-state index contributed by atoms with van der Waals surface area (Å²) in [6.07, 6.45) is 1.59. The first-order valence-corrected chi connectivity index (χ1v) is 9.69. The molecule has 1 fully saturated rings. The maximum atomic E-state index is 12.9. The van der Waals surface area contributed by atoms with Crippen molar-refractivity contribution in [2.45, 2.75) is 33.2 Å². The number of hydrogen-bond acceptors (Lipinski definition) is 4. The Hall–Kier alpha value is -2.11. The zero-order valence-electron chi connectivity index (χ0n) is 16.1. The van der Waals surface area contributed by atoms with Gasteiger partial charge in [-0.1, -0.05) is 25.4 Å². The van der Waals surface area contributed by atoms with Crippen molar-refractivity contribution in [1.82, 2.24) is 10.3 Å². The van der Waals surface area contributed by atoms with Gasteiger partial charge >= 0.3 is 0 Å². The molecule has 2 aromatic rings. The van der Waals surface area contributed by atoms with Crippen molar-refractivity contribution in [3.05, 3.63) is 57.9 Å². The Labute approximate surface area is 165 Å². The van der Waals surface area contributed by atoms with Gasteiger partial charge < -0.3 is 15.0 Å². The van der Waals surface area contributed by atoms with Gasteiger partial charge in [0.25, 0.3) is 5.91 Å². The molecule has 0 radical (unpaired) electrons. The van der Waals surface area contributed by atoms with E-state index in [0.717, 1.165) is 54.4 Å². The Balaban J connectivity index is 1.82. The molecule has 1 aliphatic rings. The maximum absolute atomic E-state index is 12.9. The fourth-order valence-corrected chi connectivity index (χ4v) is 3.45. The predicted molar refractivity (Wildman–Crippen MR) is 109 cm³/mol. The number of nitrogens with zero attached hydrogens (tertiary/aromatic N) is 2. The molecule has 1 aliphatic heterocycles. The number of carbonyl (C=O) groups excluding carboxylic acids is 1. The first-order chi connectivity index (χ1) is 13.0. The van der Waals surface area contributed by atoms with E-state index in [1.54, 1.807) is 12.3 Å². The number of anilines is 1. The second-order valence-electron chi connectivity index (χ2n) is 7.13. The third-order valence-corrected chi connectivity index (χ3v) is 5.02. The number of hydrogen-bond donors (Lipinski definition) is 1. The summed E-state index contributed by atoms with van der Waals surface area (Å²) in [5.41, 5.74) is 4.76. The number of ether oxygens (including phenoxy) is 1. The molecule has 144 valence electrons. The molecule has 6 heteroatoms. The third kappa shape index (κ3) is 4.79. The highest BCUT2D eigenvalue weighted by atomic mass is 35.5. The van der Waals surface area contributed by atoms with Crippen LogP contribution in [0.2, 0.25) is 5.02 Å². The van der Waals surface area contributed by atoms with Gasteiger partial charge in [0.15, 0.2) is 0 Å². The Kier molecular flexibility index (Phi) is 6.34. The summed E-state index contributed by atoms with van der Waals surface area (Å²) in [4.78, 5) is 19.5. The number of halogens is 1. The Bertz CT molecular complexity index is 800. The number of nitrogens with one attached hydrogen (secondary N) is 1. The Morgan fingerprint density at radius 2 is 2.04 bits per heavy atom. The van der Waals surface area contributed by atoms with Crippen LogP contribution in [0.25, 0.3) is 0 Å². The molecule has 0 saturated carbocycles. The fraction of sp³-hybridized carbons (Fsp3) is 0.429. The highest BCUT2D eigenvalue weighted by molar-refractivity contribution is 6.30. The molecule has 1 N–H and O–H groups in total. The highest BCUT2D eigenvalue weighted by Gasteiger charge is 2.20. The van der Waals surface area contributed by atoms with Gasteiger partial charge in [-0.25, -0.2) is 0 Å². The molecule has 1 aromatic heterocycles. The smallest absolute Gasteiger partial charge is 0.252 e. The molecule has 1 saturated heterocycles. The summed E-state index contributed by atoms with van der Waals surface area (Å²) in [6, 6.07) is 7.85. The number of rotatable bonds is 5. The zero-order valence-corrected chi connectivity index (χ0v) is 16.8. The van der Waals surface area contributed by atoms with Gasteiger partial charge in [-0.3, -0.25) is 9.78 Å². The van der Waals surface area contributed by atoms with Crippen LogP contribution in [0.5, 0.6) is 0 Å². The summed E-state index contributed by atoms with van der Waals surface area (Å²) in [7, 11) is 0. The van der Waals surface area contributed by atoms with Crippen molar-refractivity contribution in [3.63, 3.8) is 0 Å². The van der Waals surface area contributed by atoms with E-state index in [2.05, 4.69) is 41.2 Å². The molecule has 0 unspecified atom stereocenters. The van der Waals surface area contributed by atoms with Gasteiger partial charge in [0.1, 0.15) is 0 Å². The predicted octanol–water partition coefficient (Wildman–Crippen LogP) is 3.93. The number of pyridine rings is 1. The first kappa shape index (κ1) is 19.6. The van der Waals surface area contributed by atoms with E-state index in [1.165, 1.54) is 0 Å². The van der Waals surface area contributed by atoms with E-state index in [4.69, 9.17) is 16.3 Å². The van der Waals surface area contributed by atoms with E-state index in [1.807, 2.05) is 13.0 Å². The van der Waals surface area contributed by atoms with Crippen LogP contribution in [0.1, 0.15) is 46.9 Å². The molecular formula is C21H26ClN3O2. The number of carbonyl (C=O) groups is 1. The topological polar surface area (TPSA) is 54.5 Å². The minimum Gasteiger partial charge on any atom is -0.378 e. The Morgan fingerprint density at radius 1 is 1.30 bits per heavy atom. The second-order valence-corrected chi connectivity index (χ2v) is 7.57. The van der Waals surface area contributed by atoms with Crippen molar-refractivity contribution >= 4 is 23.2 Å². The zero-order chi connectivity index (χ0) is 19.4. The van der Waals surface area contributed by atoms with Crippen LogP contribution in [0, 0.1) is 6.92 Å². The molecule has 0 bridgehead atoms. The molecule has 5 nitrogen and oxygen atoms in total. The minimum atomic E-state index is -0.0681. The lowest BCUT2D eigenvalue weighted by atomic mass is 9.92. The van der Waals surface area contributed by atoms with Gasteiger partial charge in [-0.05, 0) is 48.2 Å². The molecule has 3 rings (SSSR count). The average molecular weight is 388 g/mol. The fourth-order valence-electron chi connectivity index (χ4n) is 3.33. The van der Waals surface area contributed by atoms with Gasteiger partial charge in [-0.2, -0.15) is 0 Å². The van der Waals surface area contributed by atoms with Crippen LogP contribution < -0.4 is 10.2 Å². The summed E-state index contributed by atoms with van der Waals surface area (Å²) in [5, 5.41) is 3.58. The molecule has 1 amide bonds. The third-order valence-electron chi connectivity index (χ3n) is 4.79. The van der Waals surface area contributed by atoms with Crippen molar-refractivity contribution in [3.8, 4) is 0 Å². The van der Waals surface area contributed by atoms with Crippen LogP contribution in [0.3, 0.4) is 0 Å². The van der Waals surface area contributed by atoms with Crippen molar-refractivity contribution < 1.29 is 9.53 Å². The molecule has 2 heterocycles. The summed E-state index contributed by atoms with van der Waals surface area (Å²) in [6.45, 7) is 9.86. The monoisotopic (exact) mass is 387 g/mol. The number of morpholine rings is 1. The van der Waals surface area contributed by atoms with Gasteiger partial charge in [0.05, 0.1) is 30.5 Å². The maximum Gasteiger partial charge on any atom is 0.252 e. The summed E-state index contributed by atoms with van der Waals surface area (Å²) in [5.74, 6) is 0.181. The van der Waals surface area contributed by atoms with E-state index >= 15 is 0 Å². The van der Waals surface area contributed by atoms with Crippen LogP contribution >= 0.6 is 11.6 Å². The van der Waals surface area contributed by atoms with E-state index in [0.29, 0.717) is 11.6 Å². The van der Waals surface area contributed by atoms with E-state index < -0.39 is 0 Å². The van der Waals surface area contributed by atoms with E-state index in [9.17, 15) is 4.79 Å². The second kappa shape index (κ2) is 8.72. The molecule has 0 atom stereocenters. The lowest BCUT2D eigenvalue weighted by Gasteiger charge is -2.30. The summed E-state index contributed by atoms with van der Waals surface area (Å²) < 4.78 is 5.45. The molecule has 1 aromatic carbocycles. The lowest BCUT2D eigenvalue weighted by Crippen LogP contribution is -2.36. The minimum absolute atomic E-state index is 0.0681. The first-order valence-electron chi connectivity index (χ1n) is 9.31. The van der Waals surface area contributed by atoms with Crippen LogP contribution in [-0.2, 0) is 11.3 Å². The highest BCUT2D eigenvalue weighted by Crippen LogP contribution is 2.29. The molecule has 0 aliphatic carbocycles. The standard InChI is InChI=1S/C21H26ClN3O2/c1-14(2)19-11-18(25-6-8-27-9-7-25)10-15(3)20(19)21(26)24-13-17-5-4-16(22)12-23-17/h4-5,10-12,14H,6-9,13H2,1-3H3,(H,24,26). The number of aryl methyl sites for hydroxylation is 1. The van der Waals surface area contributed by atoms with Crippen molar-refractivity contribution in [1.29, 1.82) is 0 Å². The van der Waals surface area contributed by atoms with E-state index in [-0.39, 0.29) is 11.8 Å². The van der Waals surface area contributed by atoms with Gasteiger partial charge in [0, 0.05) is 30.5 Å².